The molecule has 0 spiro atoms. The van der Waals surface area contributed by atoms with Crippen molar-refractivity contribution in [2.24, 2.45) is 0 Å². The summed E-state index contributed by atoms with van der Waals surface area (Å²) in [6, 6.07) is 9.28. The van der Waals surface area contributed by atoms with Crippen molar-refractivity contribution >= 4 is 32.9 Å². The molecule has 0 radical (unpaired) electrons. The summed E-state index contributed by atoms with van der Waals surface area (Å²) >= 11 is 3.47. The molecule has 25 heavy (non-hydrogen) atoms. The van der Waals surface area contributed by atoms with Crippen molar-refractivity contribution in [3.05, 3.63) is 45.9 Å². The second kappa shape index (κ2) is 7.23. The molecule has 0 aliphatic carbocycles. The van der Waals surface area contributed by atoms with Crippen LogP contribution >= 0.6 is 15.9 Å². The lowest BCUT2D eigenvalue weighted by Crippen LogP contribution is -2.21. The molecule has 0 atom stereocenters. The fourth-order valence-electron chi connectivity index (χ4n) is 2.62. The van der Waals surface area contributed by atoms with Crippen LogP contribution in [0.5, 0.6) is 11.5 Å². The molecule has 0 bridgehead atoms. The van der Waals surface area contributed by atoms with Gasteiger partial charge in [0.1, 0.15) is 17.0 Å². The SMILES string of the molecule is CCOc1ccc2c(c1)nnn2C(=O)COc1c(C)cc(C)cc1Br. The number of carbonyl (C=O) groups is 1. The summed E-state index contributed by atoms with van der Waals surface area (Å²) in [4.78, 5) is 12.5. The number of carbonyl (C=O) groups excluding carboxylic acids is 1. The van der Waals surface area contributed by atoms with Crippen LogP contribution in [-0.4, -0.2) is 34.1 Å². The predicted molar refractivity (Wildman–Crippen MR) is 98.4 cm³/mol. The second-order valence-electron chi connectivity index (χ2n) is 5.66. The van der Waals surface area contributed by atoms with Crippen molar-refractivity contribution in [2.75, 3.05) is 13.2 Å². The predicted octanol–water partition coefficient (Wildman–Crippen LogP) is 3.93. The smallest absolute Gasteiger partial charge is 0.286 e. The molecule has 0 saturated heterocycles. The number of aromatic nitrogens is 3. The molecule has 1 heterocycles. The molecule has 7 heteroatoms. The van der Waals surface area contributed by atoms with E-state index < -0.39 is 0 Å². The van der Waals surface area contributed by atoms with Gasteiger partial charge in [0.15, 0.2) is 6.61 Å². The van der Waals surface area contributed by atoms with Crippen LogP contribution in [-0.2, 0) is 0 Å². The van der Waals surface area contributed by atoms with E-state index in [-0.39, 0.29) is 12.5 Å². The Morgan fingerprint density at radius 2 is 2.00 bits per heavy atom. The van der Waals surface area contributed by atoms with E-state index in [9.17, 15) is 4.79 Å². The van der Waals surface area contributed by atoms with Crippen molar-refractivity contribution in [1.29, 1.82) is 0 Å². The topological polar surface area (TPSA) is 66.2 Å². The van der Waals surface area contributed by atoms with E-state index in [2.05, 4.69) is 26.2 Å². The fourth-order valence-corrected chi connectivity index (χ4v) is 3.41. The van der Waals surface area contributed by atoms with Crippen LogP contribution in [0.3, 0.4) is 0 Å². The highest BCUT2D eigenvalue weighted by Crippen LogP contribution is 2.30. The van der Waals surface area contributed by atoms with Crippen molar-refractivity contribution in [3.63, 3.8) is 0 Å². The van der Waals surface area contributed by atoms with Gasteiger partial charge in [0.05, 0.1) is 16.6 Å². The number of hydrogen-bond donors (Lipinski definition) is 0. The highest BCUT2D eigenvalue weighted by atomic mass is 79.9. The maximum Gasteiger partial charge on any atom is 0.286 e. The summed E-state index contributed by atoms with van der Waals surface area (Å²) in [5.74, 6) is 1.06. The Balaban J connectivity index is 1.79. The first kappa shape index (κ1) is 17.4. The van der Waals surface area contributed by atoms with Gasteiger partial charge in [-0.3, -0.25) is 4.79 Å². The summed E-state index contributed by atoms with van der Waals surface area (Å²) in [7, 11) is 0. The number of hydrogen-bond acceptors (Lipinski definition) is 5. The molecular formula is C18H18BrN3O3. The molecule has 0 N–H and O–H groups in total. The number of halogens is 1. The average Bonchev–Trinajstić information content (AvgIpc) is 2.97. The number of ether oxygens (including phenoxy) is 2. The number of fused-ring (bicyclic) bond motifs is 1. The van der Waals surface area contributed by atoms with Gasteiger partial charge >= 0.3 is 0 Å². The summed E-state index contributed by atoms with van der Waals surface area (Å²) < 4.78 is 13.2. The van der Waals surface area contributed by atoms with Gasteiger partial charge in [-0.25, -0.2) is 0 Å². The first-order chi connectivity index (χ1) is 12.0. The molecule has 6 nitrogen and oxygen atoms in total. The summed E-state index contributed by atoms with van der Waals surface area (Å²) in [5, 5.41) is 7.97. The zero-order valence-electron chi connectivity index (χ0n) is 14.2. The third-order valence-corrected chi connectivity index (χ3v) is 4.27. The van der Waals surface area contributed by atoms with Crippen molar-refractivity contribution in [3.8, 4) is 11.5 Å². The van der Waals surface area contributed by atoms with Crippen LogP contribution in [0, 0.1) is 13.8 Å². The van der Waals surface area contributed by atoms with Crippen LogP contribution in [0.2, 0.25) is 0 Å². The number of nitrogens with zero attached hydrogens (tertiary/aromatic N) is 3. The molecule has 0 fully saturated rings. The molecule has 0 saturated carbocycles. The lowest BCUT2D eigenvalue weighted by Gasteiger charge is -2.11. The van der Waals surface area contributed by atoms with E-state index in [0.29, 0.717) is 29.1 Å². The van der Waals surface area contributed by atoms with Gasteiger partial charge in [-0.1, -0.05) is 11.3 Å². The molecule has 2 aromatic carbocycles. The molecule has 0 aliphatic heterocycles. The first-order valence-corrected chi connectivity index (χ1v) is 8.70. The van der Waals surface area contributed by atoms with Crippen LogP contribution in [0.25, 0.3) is 11.0 Å². The fraction of sp³-hybridized carbons (Fsp3) is 0.278. The minimum atomic E-state index is -0.293. The van der Waals surface area contributed by atoms with E-state index >= 15 is 0 Å². The van der Waals surface area contributed by atoms with Gasteiger partial charge in [0.2, 0.25) is 0 Å². The highest BCUT2D eigenvalue weighted by molar-refractivity contribution is 9.10. The standard InChI is InChI=1S/C18H18BrN3O3/c1-4-24-13-5-6-16-15(9-13)20-21-22(16)17(23)10-25-18-12(3)7-11(2)8-14(18)19/h5-9H,4,10H2,1-3H3. The number of benzene rings is 2. The van der Waals surface area contributed by atoms with Crippen LogP contribution in [0.1, 0.15) is 22.8 Å². The lowest BCUT2D eigenvalue weighted by molar-refractivity contribution is 0.0823. The minimum absolute atomic E-state index is 0.131. The molecule has 0 aliphatic rings. The molecule has 1 aromatic heterocycles. The Morgan fingerprint density at radius 3 is 2.72 bits per heavy atom. The lowest BCUT2D eigenvalue weighted by atomic mass is 10.1. The second-order valence-corrected chi connectivity index (χ2v) is 6.51. The van der Waals surface area contributed by atoms with Crippen molar-refractivity contribution in [1.82, 2.24) is 15.0 Å². The third kappa shape index (κ3) is 3.66. The van der Waals surface area contributed by atoms with Gasteiger partial charge in [-0.15, -0.1) is 5.10 Å². The molecule has 3 rings (SSSR count). The van der Waals surface area contributed by atoms with E-state index in [0.717, 1.165) is 15.6 Å². The summed E-state index contributed by atoms with van der Waals surface area (Å²) in [5.41, 5.74) is 3.31. The van der Waals surface area contributed by atoms with Crippen molar-refractivity contribution < 1.29 is 14.3 Å². The van der Waals surface area contributed by atoms with Gasteiger partial charge in [0, 0.05) is 6.07 Å². The third-order valence-electron chi connectivity index (χ3n) is 3.68. The van der Waals surface area contributed by atoms with Crippen LogP contribution in [0.15, 0.2) is 34.8 Å². The number of aryl methyl sites for hydroxylation is 2. The quantitative estimate of drug-likeness (QED) is 0.645. The molecule has 130 valence electrons. The molecule has 0 amide bonds. The normalized spacial score (nSPS) is 10.9. The molecular weight excluding hydrogens is 386 g/mol. The van der Waals surface area contributed by atoms with Crippen LogP contribution in [0.4, 0.5) is 0 Å². The van der Waals surface area contributed by atoms with Gasteiger partial charge in [-0.05, 0) is 66.0 Å². The van der Waals surface area contributed by atoms with Gasteiger partial charge in [0.25, 0.3) is 5.91 Å². The zero-order valence-corrected chi connectivity index (χ0v) is 15.8. The van der Waals surface area contributed by atoms with Crippen molar-refractivity contribution in [2.45, 2.75) is 20.8 Å². The Morgan fingerprint density at radius 1 is 1.20 bits per heavy atom. The number of rotatable bonds is 5. The summed E-state index contributed by atoms with van der Waals surface area (Å²) in [6.07, 6.45) is 0. The maximum atomic E-state index is 12.5. The largest absolute Gasteiger partial charge is 0.494 e. The average molecular weight is 404 g/mol. The van der Waals surface area contributed by atoms with E-state index in [1.807, 2.05) is 32.9 Å². The monoisotopic (exact) mass is 403 g/mol. The zero-order chi connectivity index (χ0) is 18.0. The van der Waals surface area contributed by atoms with E-state index in [4.69, 9.17) is 9.47 Å². The van der Waals surface area contributed by atoms with Gasteiger partial charge < -0.3 is 9.47 Å². The van der Waals surface area contributed by atoms with E-state index in [1.54, 1.807) is 18.2 Å². The highest BCUT2D eigenvalue weighted by Gasteiger charge is 2.15. The minimum Gasteiger partial charge on any atom is -0.494 e. The first-order valence-electron chi connectivity index (χ1n) is 7.90. The maximum absolute atomic E-state index is 12.5. The van der Waals surface area contributed by atoms with Crippen LogP contribution < -0.4 is 9.47 Å². The molecule has 3 aromatic rings. The Hall–Kier alpha value is -2.41. The Labute approximate surface area is 153 Å². The van der Waals surface area contributed by atoms with E-state index in [1.165, 1.54) is 4.68 Å². The summed E-state index contributed by atoms with van der Waals surface area (Å²) in [6.45, 7) is 6.29. The Kier molecular flexibility index (Phi) is 5.03. The molecule has 0 unspecified atom stereocenters. The Bertz CT molecular complexity index is 913. The van der Waals surface area contributed by atoms with Gasteiger partial charge in [-0.2, -0.15) is 4.68 Å².